The molecule has 0 saturated heterocycles. The number of carbonyl (C=O) groups is 2. The highest BCUT2D eigenvalue weighted by Crippen LogP contribution is 2.31. The molecule has 0 radical (unpaired) electrons. The van der Waals surface area contributed by atoms with Crippen LogP contribution in [0.25, 0.3) is 0 Å². The number of hydrogen-bond donors (Lipinski definition) is 2. The van der Waals surface area contributed by atoms with E-state index < -0.39 is 0 Å². The maximum atomic E-state index is 12.6. The molecule has 2 aromatic carbocycles. The number of methoxy groups -OCH3 is 2. The van der Waals surface area contributed by atoms with E-state index in [4.69, 9.17) is 9.47 Å². The summed E-state index contributed by atoms with van der Waals surface area (Å²) in [6.45, 7) is 6.70. The first kappa shape index (κ1) is 23.6. The van der Waals surface area contributed by atoms with Gasteiger partial charge in [-0.2, -0.15) is 0 Å². The van der Waals surface area contributed by atoms with Gasteiger partial charge in [0.05, 0.1) is 27.3 Å². The molecule has 2 aromatic rings. The number of anilines is 1. The van der Waals surface area contributed by atoms with Crippen LogP contribution >= 0.6 is 0 Å². The van der Waals surface area contributed by atoms with E-state index in [9.17, 15) is 9.59 Å². The first-order valence-corrected chi connectivity index (χ1v) is 10.9. The molecule has 3 rings (SSSR count). The van der Waals surface area contributed by atoms with Crippen molar-refractivity contribution < 1.29 is 19.1 Å². The Morgan fingerprint density at radius 1 is 1.00 bits per heavy atom. The Morgan fingerprint density at radius 2 is 1.69 bits per heavy atom. The van der Waals surface area contributed by atoms with Gasteiger partial charge >= 0.3 is 0 Å². The van der Waals surface area contributed by atoms with Crippen molar-refractivity contribution in [2.24, 2.45) is 0 Å². The summed E-state index contributed by atoms with van der Waals surface area (Å²) < 4.78 is 10.8. The summed E-state index contributed by atoms with van der Waals surface area (Å²) in [5, 5.41) is 5.67. The molecule has 1 aliphatic carbocycles. The average Bonchev–Trinajstić information content (AvgIpc) is 3.59. The lowest BCUT2D eigenvalue weighted by molar-refractivity contribution is -0.125. The number of nitrogens with zero attached hydrogens (tertiary/aromatic N) is 1. The molecule has 1 saturated carbocycles. The molecular formula is C25H33N3O4. The molecule has 7 heteroatoms. The maximum Gasteiger partial charge on any atom is 0.243 e. The van der Waals surface area contributed by atoms with Gasteiger partial charge in [-0.05, 0) is 62.9 Å². The van der Waals surface area contributed by atoms with Crippen molar-refractivity contribution in [1.29, 1.82) is 0 Å². The molecule has 0 heterocycles. The summed E-state index contributed by atoms with van der Waals surface area (Å²) in [4.78, 5) is 27.1. The van der Waals surface area contributed by atoms with E-state index in [0.29, 0.717) is 12.6 Å². The predicted octanol–water partition coefficient (Wildman–Crippen LogP) is 3.35. The number of carbonyl (C=O) groups excluding carboxylic acids is 2. The molecule has 0 atom stereocenters. The topological polar surface area (TPSA) is 79.9 Å². The quantitative estimate of drug-likeness (QED) is 0.594. The van der Waals surface area contributed by atoms with Crippen molar-refractivity contribution in [2.45, 2.75) is 46.2 Å². The summed E-state index contributed by atoms with van der Waals surface area (Å²) in [7, 11) is 3.26. The van der Waals surface area contributed by atoms with E-state index in [1.54, 1.807) is 14.2 Å². The average molecular weight is 440 g/mol. The standard InChI is InChI=1S/C25H33N3O4/c1-16-10-17(2)25(18(3)11-16)27-23(29)13-26-24(30)15-28(20-6-7-20)14-19-12-21(31-4)8-9-22(19)32-5/h8-12,20H,6-7,13-15H2,1-5H3,(H,26,30)(H,27,29). The molecule has 32 heavy (non-hydrogen) atoms. The summed E-state index contributed by atoms with van der Waals surface area (Å²) in [5.74, 6) is 1.10. The van der Waals surface area contributed by atoms with Crippen LogP contribution in [0.1, 0.15) is 35.1 Å². The molecule has 7 nitrogen and oxygen atoms in total. The Bertz CT molecular complexity index is 962. The first-order valence-electron chi connectivity index (χ1n) is 10.9. The number of rotatable bonds is 10. The Kier molecular flexibility index (Phi) is 7.75. The SMILES string of the molecule is COc1ccc(OC)c(CN(CC(=O)NCC(=O)Nc2c(C)cc(C)cc2C)C2CC2)c1. The van der Waals surface area contributed by atoms with Gasteiger partial charge in [-0.3, -0.25) is 14.5 Å². The molecule has 0 aliphatic heterocycles. The number of benzene rings is 2. The van der Waals surface area contributed by atoms with Crippen LogP contribution in [0.3, 0.4) is 0 Å². The van der Waals surface area contributed by atoms with Gasteiger partial charge in [-0.15, -0.1) is 0 Å². The largest absolute Gasteiger partial charge is 0.497 e. The van der Waals surface area contributed by atoms with E-state index >= 15 is 0 Å². The molecule has 0 bridgehead atoms. The second-order valence-corrected chi connectivity index (χ2v) is 8.41. The maximum absolute atomic E-state index is 12.6. The second-order valence-electron chi connectivity index (χ2n) is 8.41. The molecule has 1 aliphatic rings. The van der Waals surface area contributed by atoms with Crippen molar-refractivity contribution in [3.05, 3.63) is 52.6 Å². The number of ether oxygens (including phenoxy) is 2. The van der Waals surface area contributed by atoms with Crippen LogP contribution in [-0.4, -0.2) is 50.1 Å². The third-order valence-corrected chi connectivity index (χ3v) is 5.66. The van der Waals surface area contributed by atoms with Gasteiger partial charge < -0.3 is 20.1 Å². The van der Waals surface area contributed by atoms with E-state index in [1.165, 1.54) is 0 Å². The summed E-state index contributed by atoms with van der Waals surface area (Å²) in [5.41, 5.74) is 4.94. The van der Waals surface area contributed by atoms with Gasteiger partial charge in [0.25, 0.3) is 0 Å². The number of nitrogens with one attached hydrogen (secondary N) is 2. The highest BCUT2D eigenvalue weighted by Gasteiger charge is 2.31. The van der Waals surface area contributed by atoms with Crippen LogP contribution in [0.5, 0.6) is 11.5 Å². The molecule has 172 valence electrons. The highest BCUT2D eigenvalue weighted by atomic mass is 16.5. The summed E-state index contributed by atoms with van der Waals surface area (Å²) >= 11 is 0. The van der Waals surface area contributed by atoms with Crippen LogP contribution < -0.4 is 20.1 Å². The number of amides is 2. The van der Waals surface area contributed by atoms with Crippen molar-refractivity contribution in [2.75, 3.05) is 32.6 Å². The fourth-order valence-electron chi connectivity index (χ4n) is 3.96. The minimum atomic E-state index is -0.235. The van der Waals surface area contributed by atoms with Crippen molar-refractivity contribution in [1.82, 2.24) is 10.2 Å². The lowest BCUT2D eigenvalue weighted by Gasteiger charge is -2.23. The number of aryl methyl sites for hydroxylation is 3. The van der Waals surface area contributed by atoms with Crippen LogP contribution in [-0.2, 0) is 16.1 Å². The Balaban J connectivity index is 1.57. The minimum Gasteiger partial charge on any atom is -0.497 e. The minimum absolute atomic E-state index is 0.0629. The summed E-state index contributed by atoms with van der Waals surface area (Å²) in [6.07, 6.45) is 2.12. The smallest absolute Gasteiger partial charge is 0.243 e. The monoisotopic (exact) mass is 439 g/mol. The zero-order valence-electron chi connectivity index (χ0n) is 19.6. The van der Waals surface area contributed by atoms with Crippen LogP contribution in [0.4, 0.5) is 5.69 Å². The van der Waals surface area contributed by atoms with Gasteiger partial charge in [0.1, 0.15) is 11.5 Å². The Hall–Kier alpha value is -3.06. The van der Waals surface area contributed by atoms with Crippen LogP contribution in [0.15, 0.2) is 30.3 Å². The van der Waals surface area contributed by atoms with Crippen molar-refractivity contribution in [3.63, 3.8) is 0 Å². The van der Waals surface area contributed by atoms with Gasteiger partial charge in [0, 0.05) is 23.8 Å². The fraction of sp³-hybridized carbons (Fsp3) is 0.440. The van der Waals surface area contributed by atoms with E-state index in [0.717, 1.165) is 52.3 Å². The zero-order chi connectivity index (χ0) is 23.3. The predicted molar refractivity (Wildman–Crippen MR) is 125 cm³/mol. The van der Waals surface area contributed by atoms with Gasteiger partial charge in [-0.25, -0.2) is 0 Å². The zero-order valence-corrected chi connectivity index (χ0v) is 19.6. The second kappa shape index (κ2) is 10.5. The number of hydrogen-bond acceptors (Lipinski definition) is 5. The van der Waals surface area contributed by atoms with E-state index in [1.807, 2.05) is 51.1 Å². The molecule has 2 amide bonds. The van der Waals surface area contributed by atoms with Gasteiger partial charge in [-0.1, -0.05) is 17.7 Å². The molecule has 1 fully saturated rings. The van der Waals surface area contributed by atoms with Crippen LogP contribution in [0, 0.1) is 20.8 Å². The summed E-state index contributed by atoms with van der Waals surface area (Å²) in [6, 6.07) is 10.1. The fourth-order valence-corrected chi connectivity index (χ4v) is 3.96. The molecular weight excluding hydrogens is 406 g/mol. The molecule has 0 spiro atoms. The lowest BCUT2D eigenvalue weighted by atomic mass is 10.1. The Labute approximate surface area is 190 Å². The highest BCUT2D eigenvalue weighted by molar-refractivity contribution is 5.96. The van der Waals surface area contributed by atoms with Crippen molar-refractivity contribution in [3.8, 4) is 11.5 Å². The normalized spacial score (nSPS) is 13.1. The van der Waals surface area contributed by atoms with Gasteiger partial charge in [0.2, 0.25) is 11.8 Å². The Morgan fingerprint density at radius 3 is 2.28 bits per heavy atom. The van der Waals surface area contributed by atoms with Gasteiger partial charge in [0.15, 0.2) is 0 Å². The molecule has 0 unspecified atom stereocenters. The van der Waals surface area contributed by atoms with E-state index in [2.05, 4.69) is 15.5 Å². The third kappa shape index (κ3) is 6.23. The molecule has 2 N–H and O–H groups in total. The van der Waals surface area contributed by atoms with E-state index in [-0.39, 0.29) is 24.9 Å². The van der Waals surface area contributed by atoms with Crippen LogP contribution in [0.2, 0.25) is 0 Å². The molecule has 0 aromatic heterocycles. The van der Waals surface area contributed by atoms with Crippen molar-refractivity contribution >= 4 is 17.5 Å². The lowest BCUT2D eigenvalue weighted by Crippen LogP contribution is -2.41. The third-order valence-electron chi connectivity index (χ3n) is 5.66. The first-order chi connectivity index (χ1) is 15.3.